The molecule has 0 bridgehead atoms. The van der Waals surface area contributed by atoms with Crippen LogP contribution in [0.2, 0.25) is 0 Å². The van der Waals surface area contributed by atoms with Crippen molar-refractivity contribution in [1.29, 1.82) is 0 Å². The summed E-state index contributed by atoms with van der Waals surface area (Å²) in [4.78, 5) is 26.8. The maximum atomic E-state index is 12.7. The van der Waals surface area contributed by atoms with Crippen LogP contribution >= 0.6 is 0 Å². The van der Waals surface area contributed by atoms with Crippen LogP contribution < -0.4 is 5.32 Å². The fourth-order valence-corrected chi connectivity index (χ4v) is 3.02. The molecule has 2 N–H and O–H groups in total. The zero-order valence-corrected chi connectivity index (χ0v) is 14.2. The van der Waals surface area contributed by atoms with Crippen molar-refractivity contribution in [1.82, 2.24) is 4.90 Å². The van der Waals surface area contributed by atoms with Crippen LogP contribution in [0.25, 0.3) is 0 Å². The van der Waals surface area contributed by atoms with Gasteiger partial charge in [-0.05, 0) is 43.2 Å². The Morgan fingerprint density at radius 3 is 2.60 bits per heavy atom. The molecular formula is C20H22N2O3. The number of nitrogens with one attached hydrogen (secondary N) is 1. The third kappa shape index (κ3) is 3.88. The molecule has 25 heavy (non-hydrogen) atoms. The van der Waals surface area contributed by atoms with Crippen molar-refractivity contribution < 1.29 is 14.7 Å². The van der Waals surface area contributed by atoms with E-state index in [1.807, 2.05) is 31.2 Å². The predicted octanol–water partition coefficient (Wildman–Crippen LogP) is 2.70. The second-order valence-corrected chi connectivity index (χ2v) is 6.44. The molecule has 5 heteroatoms. The Morgan fingerprint density at radius 2 is 1.92 bits per heavy atom. The minimum absolute atomic E-state index is 0.0637. The van der Waals surface area contributed by atoms with E-state index < -0.39 is 0 Å². The number of hydrogen-bond acceptors (Lipinski definition) is 3. The number of anilines is 1. The normalized spacial score (nSPS) is 16.7. The third-order valence-electron chi connectivity index (χ3n) is 4.60. The van der Waals surface area contributed by atoms with Gasteiger partial charge in [0, 0.05) is 42.4 Å². The third-order valence-corrected chi connectivity index (χ3v) is 4.60. The van der Waals surface area contributed by atoms with E-state index in [1.165, 1.54) is 0 Å². The minimum Gasteiger partial charge on any atom is -0.396 e. The van der Waals surface area contributed by atoms with Gasteiger partial charge in [-0.2, -0.15) is 0 Å². The number of aryl methyl sites for hydroxylation is 1. The van der Waals surface area contributed by atoms with Gasteiger partial charge in [0.25, 0.3) is 11.8 Å². The zero-order chi connectivity index (χ0) is 17.8. The lowest BCUT2D eigenvalue weighted by Crippen LogP contribution is -2.29. The van der Waals surface area contributed by atoms with E-state index in [2.05, 4.69) is 5.32 Å². The molecule has 1 fully saturated rings. The number of carbonyl (C=O) groups excluding carboxylic acids is 2. The lowest BCUT2D eigenvalue weighted by atomic mass is 10.1. The van der Waals surface area contributed by atoms with Gasteiger partial charge in [0.1, 0.15) is 0 Å². The first kappa shape index (κ1) is 17.2. The lowest BCUT2D eigenvalue weighted by molar-refractivity contribution is 0.0781. The van der Waals surface area contributed by atoms with Gasteiger partial charge in [-0.1, -0.05) is 24.3 Å². The topological polar surface area (TPSA) is 69.6 Å². The molecular weight excluding hydrogens is 316 g/mol. The summed E-state index contributed by atoms with van der Waals surface area (Å²) in [5, 5.41) is 12.1. The number of benzene rings is 2. The Bertz CT molecular complexity index is 774. The van der Waals surface area contributed by atoms with E-state index in [0.29, 0.717) is 29.9 Å². The molecule has 2 amide bonds. The van der Waals surface area contributed by atoms with Crippen molar-refractivity contribution in [2.45, 2.75) is 13.3 Å². The summed E-state index contributed by atoms with van der Waals surface area (Å²) < 4.78 is 0. The summed E-state index contributed by atoms with van der Waals surface area (Å²) in [5.41, 5.74) is 2.66. The van der Waals surface area contributed by atoms with Crippen molar-refractivity contribution in [2.75, 3.05) is 25.0 Å². The number of carbonyl (C=O) groups is 2. The molecule has 5 nitrogen and oxygen atoms in total. The Labute approximate surface area is 147 Å². The molecule has 1 aliphatic rings. The highest BCUT2D eigenvalue weighted by molar-refractivity contribution is 6.05. The fourth-order valence-electron chi connectivity index (χ4n) is 3.02. The van der Waals surface area contributed by atoms with Gasteiger partial charge >= 0.3 is 0 Å². The molecule has 130 valence electrons. The quantitative estimate of drug-likeness (QED) is 0.900. The maximum absolute atomic E-state index is 12.7. The number of amides is 2. The Kier molecular flexibility index (Phi) is 5.14. The van der Waals surface area contributed by atoms with Crippen molar-refractivity contribution in [3.63, 3.8) is 0 Å². The predicted molar refractivity (Wildman–Crippen MR) is 96.7 cm³/mol. The molecule has 3 rings (SSSR count). The average Bonchev–Trinajstić information content (AvgIpc) is 3.13. The van der Waals surface area contributed by atoms with Gasteiger partial charge in [0.15, 0.2) is 0 Å². The first-order chi connectivity index (χ1) is 12.1. The van der Waals surface area contributed by atoms with Crippen LogP contribution in [-0.4, -0.2) is 41.5 Å². The van der Waals surface area contributed by atoms with Crippen molar-refractivity contribution >= 4 is 17.5 Å². The van der Waals surface area contributed by atoms with E-state index in [1.54, 1.807) is 29.2 Å². The smallest absolute Gasteiger partial charge is 0.255 e. The molecule has 1 aliphatic heterocycles. The fraction of sp³-hybridized carbons (Fsp3) is 0.300. The van der Waals surface area contributed by atoms with E-state index in [9.17, 15) is 14.7 Å². The van der Waals surface area contributed by atoms with Crippen LogP contribution in [-0.2, 0) is 0 Å². The summed E-state index contributed by atoms with van der Waals surface area (Å²) in [6.45, 7) is 3.24. The van der Waals surface area contributed by atoms with Gasteiger partial charge in [-0.3, -0.25) is 9.59 Å². The molecule has 0 saturated carbocycles. The summed E-state index contributed by atoms with van der Waals surface area (Å²) in [6.07, 6.45) is 0.825. The monoisotopic (exact) mass is 338 g/mol. The molecule has 1 atom stereocenters. The molecule has 0 spiro atoms. The molecule has 0 aromatic heterocycles. The highest BCUT2D eigenvalue weighted by atomic mass is 16.3. The average molecular weight is 338 g/mol. The van der Waals surface area contributed by atoms with E-state index in [-0.39, 0.29) is 24.3 Å². The number of aliphatic hydroxyl groups excluding tert-OH is 1. The highest BCUT2D eigenvalue weighted by Crippen LogP contribution is 2.22. The number of hydrogen-bond donors (Lipinski definition) is 2. The molecule has 2 aromatic rings. The van der Waals surface area contributed by atoms with E-state index in [0.717, 1.165) is 12.0 Å². The Morgan fingerprint density at radius 1 is 1.16 bits per heavy atom. The Balaban J connectivity index is 1.76. The van der Waals surface area contributed by atoms with E-state index >= 15 is 0 Å². The second kappa shape index (κ2) is 7.49. The number of nitrogens with zero attached hydrogens (tertiary/aromatic N) is 1. The SMILES string of the molecule is Cc1ccc(C(=O)N2CCC(CO)C2)cc1NC(=O)c1ccccc1. The zero-order valence-electron chi connectivity index (χ0n) is 14.2. The summed E-state index contributed by atoms with van der Waals surface area (Å²) in [7, 11) is 0. The molecule has 1 unspecified atom stereocenters. The van der Waals surface area contributed by atoms with Crippen LogP contribution in [0.3, 0.4) is 0 Å². The Hall–Kier alpha value is -2.66. The molecule has 1 saturated heterocycles. The van der Waals surface area contributed by atoms with Crippen LogP contribution in [0.15, 0.2) is 48.5 Å². The molecule has 2 aromatic carbocycles. The van der Waals surface area contributed by atoms with Crippen LogP contribution in [0.4, 0.5) is 5.69 Å². The van der Waals surface area contributed by atoms with Crippen LogP contribution in [0.5, 0.6) is 0 Å². The molecule has 0 aliphatic carbocycles. The highest BCUT2D eigenvalue weighted by Gasteiger charge is 2.26. The van der Waals surface area contributed by atoms with Gasteiger partial charge in [0.05, 0.1) is 0 Å². The number of likely N-dealkylation sites (tertiary alicyclic amines) is 1. The largest absolute Gasteiger partial charge is 0.396 e. The maximum Gasteiger partial charge on any atom is 0.255 e. The minimum atomic E-state index is -0.199. The summed E-state index contributed by atoms with van der Waals surface area (Å²) in [6, 6.07) is 14.3. The first-order valence-electron chi connectivity index (χ1n) is 8.45. The van der Waals surface area contributed by atoms with Gasteiger partial charge in [-0.25, -0.2) is 0 Å². The van der Waals surface area contributed by atoms with Crippen molar-refractivity contribution in [3.8, 4) is 0 Å². The van der Waals surface area contributed by atoms with E-state index in [4.69, 9.17) is 0 Å². The second-order valence-electron chi connectivity index (χ2n) is 6.44. The standard InChI is InChI=1S/C20H22N2O3/c1-14-7-8-17(20(25)22-10-9-15(12-22)13-23)11-18(14)21-19(24)16-5-3-2-4-6-16/h2-8,11,15,23H,9-10,12-13H2,1H3,(H,21,24). The van der Waals surface area contributed by atoms with Gasteiger partial charge in [0.2, 0.25) is 0 Å². The number of aliphatic hydroxyl groups is 1. The van der Waals surface area contributed by atoms with Gasteiger partial charge < -0.3 is 15.3 Å². The lowest BCUT2D eigenvalue weighted by Gasteiger charge is -2.17. The molecule has 0 radical (unpaired) electrons. The summed E-state index contributed by atoms with van der Waals surface area (Å²) >= 11 is 0. The van der Waals surface area contributed by atoms with Crippen LogP contribution in [0.1, 0.15) is 32.7 Å². The van der Waals surface area contributed by atoms with Crippen molar-refractivity contribution in [3.05, 3.63) is 65.2 Å². The van der Waals surface area contributed by atoms with Gasteiger partial charge in [-0.15, -0.1) is 0 Å². The first-order valence-corrected chi connectivity index (χ1v) is 8.45. The number of rotatable bonds is 4. The molecule has 1 heterocycles. The van der Waals surface area contributed by atoms with Crippen molar-refractivity contribution in [2.24, 2.45) is 5.92 Å². The van der Waals surface area contributed by atoms with Crippen LogP contribution in [0, 0.1) is 12.8 Å². The summed E-state index contributed by atoms with van der Waals surface area (Å²) in [5.74, 6) is -0.104.